The predicted molar refractivity (Wildman–Crippen MR) is 79.9 cm³/mol. The average Bonchev–Trinajstić information content (AvgIpc) is 2.34. The van der Waals surface area contributed by atoms with E-state index in [1.54, 1.807) is 0 Å². The van der Waals surface area contributed by atoms with Crippen LogP contribution in [0.2, 0.25) is 18.1 Å². The normalized spacial score (nSPS) is 13.6. The van der Waals surface area contributed by atoms with Crippen LogP contribution < -0.4 is 0 Å². The van der Waals surface area contributed by atoms with Gasteiger partial charge in [-0.1, -0.05) is 27.4 Å². The maximum absolute atomic E-state index is 11.8. The Hall–Kier alpha value is -1.14. The van der Waals surface area contributed by atoms with Gasteiger partial charge in [-0.05, 0) is 18.1 Å². The van der Waals surface area contributed by atoms with Crippen LogP contribution in [0.3, 0.4) is 0 Å². The first-order chi connectivity index (χ1) is 8.96. The second kappa shape index (κ2) is 7.03. The minimum Gasteiger partial charge on any atom is -0.467 e. The Labute approximate surface area is 122 Å². The zero-order valence-electron chi connectivity index (χ0n) is 13.5. The van der Waals surface area contributed by atoms with Crippen LogP contribution in [0, 0.1) is 0 Å². The number of carbonyl (C=O) groups excluding carboxylic acids is 2. The summed E-state index contributed by atoms with van der Waals surface area (Å²) in [5.41, 5.74) is 0.196. The zero-order valence-corrected chi connectivity index (χ0v) is 14.5. The Balaban J connectivity index is 5.06. The molecule has 0 amide bonds. The molecule has 0 bridgehead atoms. The summed E-state index contributed by atoms with van der Waals surface area (Å²) in [5, 5.41) is -0.0497. The van der Waals surface area contributed by atoms with Crippen molar-refractivity contribution in [3.8, 4) is 0 Å². The Bertz CT molecular complexity index is 382. The molecule has 1 atom stereocenters. The molecule has 0 aromatic heterocycles. The summed E-state index contributed by atoms with van der Waals surface area (Å²) in [7, 11) is 0.417. The van der Waals surface area contributed by atoms with Crippen LogP contribution >= 0.6 is 0 Å². The summed E-state index contributed by atoms with van der Waals surface area (Å²) in [6.45, 7) is 13.9. The molecule has 20 heavy (non-hydrogen) atoms. The van der Waals surface area contributed by atoms with Crippen molar-refractivity contribution in [2.75, 3.05) is 14.2 Å². The van der Waals surface area contributed by atoms with Crippen LogP contribution in [-0.4, -0.2) is 40.6 Å². The topological polar surface area (TPSA) is 61.8 Å². The van der Waals surface area contributed by atoms with Crippen LogP contribution in [0.5, 0.6) is 0 Å². The fourth-order valence-electron chi connectivity index (χ4n) is 1.29. The van der Waals surface area contributed by atoms with E-state index < -0.39 is 26.4 Å². The standard InChI is InChI=1S/C14H26O5Si/c1-10(12(15)17-5)9-11(13(16)18-6)19-20(7,8)14(2,3)4/h11H,1,9H2,2-8H3/t11-/m1/s1. The third kappa shape index (κ3) is 5.09. The summed E-state index contributed by atoms with van der Waals surface area (Å²) in [4.78, 5) is 23.2. The van der Waals surface area contributed by atoms with Crippen LogP contribution in [-0.2, 0) is 23.5 Å². The molecule has 0 aliphatic rings. The van der Waals surface area contributed by atoms with Gasteiger partial charge >= 0.3 is 11.9 Å². The monoisotopic (exact) mass is 302 g/mol. The first kappa shape index (κ1) is 18.9. The van der Waals surface area contributed by atoms with E-state index in [-0.39, 0.29) is 17.0 Å². The maximum atomic E-state index is 11.8. The second-order valence-corrected chi connectivity index (χ2v) is 10.9. The van der Waals surface area contributed by atoms with Crippen LogP contribution in [0.1, 0.15) is 27.2 Å². The fraction of sp³-hybridized carbons (Fsp3) is 0.714. The number of carbonyl (C=O) groups is 2. The van der Waals surface area contributed by atoms with Crippen molar-refractivity contribution in [1.29, 1.82) is 0 Å². The molecule has 0 saturated heterocycles. The summed E-state index contributed by atoms with van der Waals surface area (Å²) in [6, 6.07) is 0. The van der Waals surface area contributed by atoms with Gasteiger partial charge in [-0.15, -0.1) is 0 Å². The van der Waals surface area contributed by atoms with Crippen molar-refractivity contribution in [3.63, 3.8) is 0 Å². The predicted octanol–water partition coefficient (Wildman–Crippen LogP) is 2.67. The molecule has 0 heterocycles. The molecular formula is C14H26O5Si. The van der Waals surface area contributed by atoms with E-state index in [0.717, 1.165) is 0 Å². The smallest absolute Gasteiger partial charge is 0.334 e. The van der Waals surface area contributed by atoms with E-state index in [1.807, 2.05) is 13.1 Å². The molecule has 0 fully saturated rings. The number of hydrogen-bond acceptors (Lipinski definition) is 5. The fourth-order valence-corrected chi connectivity index (χ4v) is 2.53. The van der Waals surface area contributed by atoms with Crippen molar-refractivity contribution in [2.45, 2.75) is 51.4 Å². The SMILES string of the molecule is C=C(C[C@@H](O[Si](C)(C)C(C)(C)C)C(=O)OC)C(=O)OC. The van der Waals surface area contributed by atoms with Crippen LogP contribution in [0.4, 0.5) is 0 Å². The third-order valence-corrected chi connectivity index (χ3v) is 8.10. The first-order valence-electron chi connectivity index (χ1n) is 6.48. The lowest BCUT2D eigenvalue weighted by Crippen LogP contribution is -2.46. The quantitative estimate of drug-likeness (QED) is 0.429. The average molecular weight is 302 g/mol. The highest BCUT2D eigenvalue weighted by Gasteiger charge is 2.41. The summed E-state index contributed by atoms with van der Waals surface area (Å²) in [5.74, 6) is -1.04. The lowest BCUT2D eigenvalue weighted by Gasteiger charge is -2.38. The van der Waals surface area contributed by atoms with Crippen LogP contribution in [0.15, 0.2) is 12.2 Å². The van der Waals surface area contributed by atoms with E-state index in [4.69, 9.17) is 9.16 Å². The number of hydrogen-bond donors (Lipinski definition) is 0. The van der Waals surface area contributed by atoms with Gasteiger partial charge in [-0.2, -0.15) is 0 Å². The van der Waals surface area contributed by atoms with Gasteiger partial charge in [0.1, 0.15) is 6.10 Å². The number of methoxy groups -OCH3 is 2. The minimum atomic E-state index is -2.15. The van der Waals surface area contributed by atoms with E-state index in [2.05, 4.69) is 32.1 Å². The van der Waals surface area contributed by atoms with Gasteiger partial charge < -0.3 is 13.9 Å². The molecule has 0 aromatic rings. The number of esters is 2. The lowest BCUT2D eigenvalue weighted by atomic mass is 10.1. The van der Waals surface area contributed by atoms with Gasteiger partial charge in [-0.3, -0.25) is 0 Å². The summed E-state index contributed by atoms with van der Waals surface area (Å²) < 4.78 is 15.4. The van der Waals surface area contributed by atoms with Crippen molar-refractivity contribution < 1.29 is 23.5 Å². The molecule has 0 aliphatic heterocycles. The third-order valence-electron chi connectivity index (χ3n) is 3.61. The van der Waals surface area contributed by atoms with Crippen molar-refractivity contribution in [3.05, 3.63) is 12.2 Å². The van der Waals surface area contributed by atoms with Gasteiger partial charge in [0.2, 0.25) is 0 Å². The Kier molecular flexibility index (Phi) is 6.63. The maximum Gasteiger partial charge on any atom is 0.334 e. The second-order valence-electron chi connectivity index (χ2n) is 6.19. The zero-order chi connectivity index (χ0) is 16.1. The Morgan fingerprint density at radius 3 is 2.00 bits per heavy atom. The van der Waals surface area contributed by atoms with Crippen molar-refractivity contribution >= 4 is 20.3 Å². The highest BCUT2D eigenvalue weighted by Crippen LogP contribution is 2.38. The molecule has 0 radical (unpaired) electrons. The first-order valence-corrected chi connectivity index (χ1v) is 9.39. The van der Waals surface area contributed by atoms with Crippen LogP contribution in [0.25, 0.3) is 0 Å². The van der Waals surface area contributed by atoms with E-state index >= 15 is 0 Å². The van der Waals surface area contributed by atoms with Gasteiger partial charge in [0.25, 0.3) is 0 Å². The molecule has 0 aromatic carbocycles. The molecule has 0 rings (SSSR count). The van der Waals surface area contributed by atoms with Gasteiger partial charge in [0, 0.05) is 12.0 Å². The molecular weight excluding hydrogens is 276 g/mol. The summed E-state index contributed by atoms with van der Waals surface area (Å²) >= 11 is 0. The highest BCUT2D eigenvalue weighted by molar-refractivity contribution is 6.74. The highest BCUT2D eigenvalue weighted by atomic mass is 28.4. The van der Waals surface area contributed by atoms with Gasteiger partial charge in [-0.25, -0.2) is 9.59 Å². The summed E-state index contributed by atoms with van der Waals surface area (Å²) in [6.07, 6.45) is -0.751. The molecule has 0 unspecified atom stereocenters. The molecule has 0 spiro atoms. The molecule has 0 aliphatic carbocycles. The Morgan fingerprint density at radius 1 is 1.15 bits per heavy atom. The van der Waals surface area contributed by atoms with Gasteiger partial charge in [0.05, 0.1) is 14.2 Å². The minimum absolute atomic E-state index is 0.0497. The largest absolute Gasteiger partial charge is 0.467 e. The van der Waals surface area contributed by atoms with E-state index in [0.29, 0.717) is 0 Å². The molecule has 0 saturated carbocycles. The molecule has 6 heteroatoms. The van der Waals surface area contributed by atoms with Crippen molar-refractivity contribution in [2.24, 2.45) is 0 Å². The van der Waals surface area contributed by atoms with Crippen molar-refractivity contribution in [1.82, 2.24) is 0 Å². The lowest BCUT2D eigenvalue weighted by molar-refractivity contribution is -0.149. The number of ether oxygens (including phenoxy) is 2. The molecule has 116 valence electrons. The van der Waals surface area contributed by atoms with E-state index in [1.165, 1.54) is 14.2 Å². The molecule has 5 nitrogen and oxygen atoms in total. The molecule has 0 N–H and O–H groups in total. The number of rotatable bonds is 6. The van der Waals surface area contributed by atoms with Gasteiger partial charge in [0.15, 0.2) is 8.32 Å². The van der Waals surface area contributed by atoms with E-state index in [9.17, 15) is 9.59 Å². The Morgan fingerprint density at radius 2 is 1.65 bits per heavy atom.